The minimum atomic E-state index is 0. The summed E-state index contributed by atoms with van der Waals surface area (Å²) < 4.78 is 10.7. The Kier molecular flexibility index (Phi) is 5.23. The number of rotatable bonds is 3. The van der Waals surface area contributed by atoms with E-state index in [4.69, 9.17) is 9.47 Å². The van der Waals surface area contributed by atoms with Gasteiger partial charge in [0.25, 0.3) is 0 Å². The van der Waals surface area contributed by atoms with Crippen LogP contribution < -0.4 is 20.1 Å². The van der Waals surface area contributed by atoms with E-state index in [1.807, 2.05) is 23.6 Å². The van der Waals surface area contributed by atoms with Crippen LogP contribution in [0.3, 0.4) is 0 Å². The van der Waals surface area contributed by atoms with Crippen molar-refractivity contribution in [3.63, 3.8) is 0 Å². The molecule has 2 aliphatic rings. The Balaban J connectivity index is 0.00000169. The average molecular weight is 368 g/mol. The lowest BCUT2D eigenvalue weighted by Crippen LogP contribution is -2.34. The Bertz CT molecular complexity index is 731. The number of ether oxygens (including phenoxy) is 2. The lowest BCUT2D eigenvalue weighted by molar-refractivity contribution is -0.120. The minimum absolute atomic E-state index is 0. The van der Waals surface area contributed by atoms with Crippen LogP contribution >= 0.6 is 23.7 Å². The number of fused-ring (bicyclic) bond motifs is 1. The van der Waals surface area contributed by atoms with Crippen LogP contribution in [0.5, 0.6) is 11.5 Å². The largest absolute Gasteiger partial charge is 0.454 e. The molecule has 0 spiro atoms. The number of aromatic nitrogens is 1. The number of benzene rings is 1. The molecule has 3 heterocycles. The highest BCUT2D eigenvalue weighted by Crippen LogP contribution is 2.36. The van der Waals surface area contributed by atoms with Crippen LogP contribution in [0.15, 0.2) is 23.6 Å². The van der Waals surface area contributed by atoms with Crippen molar-refractivity contribution < 1.29 is 14.3 Å². The molecule has 0 saturated carbocycles. The van der Waals surface area contributed by atoms with Crippen molar-refractivity contribution in [3.05, 3.63) is 23.6 Å². The first-order valence-corrected chi connectivity index (χ1v) is 8.55. The third kappa shape index (κ3) is 3.48. The second kappa shape index (κ2) is 7.38. The summed E-state index contributed by atoms with van der Waals surface area (Å²) in [6.07, 6.45) is 1.76. The number of carbonyl (C=O) groups is 1. The highest BCUT2D eigenvalue weighted by Gasteiger charge is 2.22. The maximum absolute atomic E-state index is 12.3. The number of anilines is 1. The molecule has 6 nitrogen and oxygen atoms in total. The van der Waals surface area contributed by atoms with Crippen molar-refractivity contribution in [1.29, 1.82) is 0 Å². The number of hydrogen-bond acceptors (Lipinski definition) is 6. The molecule has 1 saturated heterocycles. The highest BCUT2D eigenvalue weighted by atomic mass is 35.5. The smallest absolute Gasteiger partial charge is 0.231 e. The van der Waals surface area contributed by atoms with Gasteiger partial charge in [0.1, 0.15) is 0 Å². The van der Waals surface area contributed by atoms with E-state index < -0.39 is 0 Å². The quantitative estimate of drug-likeness (QED) is 0.872. The molecule has 4 rings (SSSR count). The molecule has 0 radical (unpaired) electrons. The monoisotopic (exact) mass is 367 g/mol. The minimum Gasteiger partial charge on any atom is -0.454 e. The number of nitrogens with one attached hydrogen (secondary N) is 2. The van der Waals surface area contributed by atoms with Crippen LogP contribution in [0.4, 0.5) is 5.13 Å². The Labute approximate surface area is 150 Å². The lowest BCUT2D eigenvalue weighted by Gasteiger charge is -2.20. The van der Waals surface area contributed by atoms with Gasteiger partial charge in [0.05, 0.1) is 5.69 Å². The fourth-order valence-electron chi connectivity index (χ4n) is 2.81. The maximum Gasteiger partial charge on any atom is 0.231 e. The molecule has 1 aromatic carbocycles. The number of piperidine rings is 1. The molecule has 1 amide bonds. The highest BCUT2D eigenvalue weighted by molar-refractivity contribution is 7.14. The van der Waals surface area contributed by atoms with Crippen LogP contribution in [0.2, 0.25) is 0 Å². The van der Waals surface area contributed by atoms with E-state index in [1.54, 1.807) is 0 Å². The number of halogens is 1. The number of hydrogen-bond donors (Lipinski definition) is 2. The first-order valence-electron chi connectivity index (χ1n) is 7.67. The number of nitrogens with zero attached hydrogens (tertiary/aromatic N) is 1. The zero-order chi connectivity index (χ0) is 15.6. The summed E-state index contributed by atoms with van der Waals surface area (Å²) in [5, 5.41) is 8.78. The summed E-state index contributed by atoms with van der Waals surface area (Å²) in [4.78, 5) is 16.8. The Morgan fingerprint density at radius 2 is 2.04 bits per heavy atom. The van der Waals surface area contributed by atoms with Crippen molar-refractivity contribution in [3.8, 4) is 22.8 Å². The van der Waals surface area contributed by atoms with Gasteiger partial charge >= 0.3 is 0 Å². The second-order valence-corrected chi connectivity index (χ2v) is 6.48. The molecule has 2 aliphatic heterocycles. The zero-order valence-corrected chi connectivity index (χ0v) is 14.5. The maximum atomic E-state index is 12.3. The fraction of sp³-hybridized carbons (Fsp3) is 0.375. The average Bonchev–Trinajstić information content (AvgIpc) is 3.23. The molecule has 1 fully saturated rings. The zero-order valence-electron chi connectivity index (χ0n) is 12.9. The first kappa shape index (κ1) is 17.0. The third-order valence-corrected chi connectivity index (χ3v) is 4.87. The molecule has 0 aliphatic carbocycles. The summed E-state index contributed by atoms with van der Waals surface area (Å²) in [7, 11) is 0. The van der Waals surface area contributed by atoms with Gasteiger partial charge in [-0.1, -0.05) is 0 Å². The molecule has 128 valence electrons. The van der Waals surface area contributed by atoms with Gasteiger partial charge in [-0.25, -0.2) is 4.98 Å². The molecule has 0 unspecified atom stereocenters. The molecule has 24 heavy (non-hydrogen) atoms. The third-order valence-electron chi connectivity index (χ3n) is 4.11. The lowest BCUT2D eigenvalue weighted by atomic mass is 9.97. The van der Waals surface area contributed by atoms with E-state index in [-0.39, 0.29) is 31.0 Å². The van der Waals surface area contributed by atoms with Crippen molar-refractivity contribution in [1.82, 2.24) is 10.3 Å². The van der Waals surface area contributed by atoms with E-state index in [0.29, 0.717) is 5.13 Å². The molecular weight excluding hydrogens is 350 g/mol. The normalized spacial score (nSPS) is 16.5. The summed E-state index contributed by atoms with van der Waals surface area (Å²) in [6.45, 7) is 2.06. The van der Waals surface area contributed by atoms with E-state index in [1.165, 1.54) is 11.3 Å². The van der Waals surface area contributed by atoms with Gasteiger partial charge in [0, 0.05) is 16.9 Å². The van der Waals surface area contributed by atoms with E-state index in [9.17, 15) is 4.79 Å². The molecule has 1 aromatic heterocycles. The summed E-state index contributed by atoms with van der Waals surface area (Å²) >= 11 is 1.44. The van der Waals surface area contributed by atoms with E-state index in [0.717, 1.165) is 48.7 Å². The molecule has 0 atom stereocenters. The molecular formula is C16H18ClN3O3S. The van der Waals surface area contributed by atoms with Gasteiger partial charge in [0.2, 0.25) is 12.7 Å². The van der Waals surface area contributed by atoms with E-state index in [2.05, 4.69) is 15.6 Å². The summed E-state index contributed by atoms with van der Waals surface area (Å²) in [5.74, 6) is 1.63. The predicted octanol–water partition coefficient (Wildman–Crippen LogP) is 2.90. The standard InChI is InChI=1S/C16H17N3O3S.ClH/c20-15(10-3-5-17-6-4-10)19-16-18-12(8-23-16)11-1-2-13-14(7-11)22-9-21-13;/h1-2,7-8,10,17H,3-6,9H2,(H,18,19,20);1H. The molecule has 2 N–H and O–H groups in total. The van der Waals surface area contributed by atoms with Crippen molar-refractivity contribution in [2.45, 2.75) is 12.8 Å². The van der Waals surface area contributed by atoms with E-state index >= 15 is 0 Å². The topological polar surface area (TPSA) is 72.5 Å². The van der Waals surface area contributed by atoms with Crippen LogP contribution in [0.25, 0.3) is 11.3 Å². The Hall–Kier alpha value is -1.83. The number of thiazole rings is 1. The van der Waals surface area contributed by atoms with Gasteiger partial charge in [-0.3, -0.25) is 4.79 Å². The van der Waals surface area contributed by atoms with Crippen molar-refractivity contribution >= 4 is 34.8 Å². The van der Waals surface area contributed by atoms with Crippen LogP contribution in [-0.2, 0) is 4.79 Å². The Morgan fingerprint density at radius 3 is 2.88 bits per heavy atom. The SMILES string of the molecule is Cl.O=C(Nc1nc(-c2ccc3c(c2)OCO3)cs1)C1CCNCC1. The van der Waals surface area contributed by atoms with Gasteiger partial charge < -0.3 is 20.1 Å². The Morgan fingerprint density at radius 1 is 1.25 bits per heavy atom. The van der Waals surface area contributed by atoms with Crippen molar-refractivity contribution in [2.75, 3.05) is 25.2 Å². The predicted molar refractivity (Wildman–Crippen MR) is 95.1 cm³/mol. The van der Waals surface area contributed by atoms with Gasteiger partial charge in [-0.05, 0) is 44.1 Å². The van der Waals surface area contributed by atoms with Gasteiger partial charge in [0.15, 0.2) is 16.6 Å². The first-order chi connectivity index (χ1) is 11.3. The molecule has 0 bridgehead atoms. The summed E-state index contributed by atoms with van der Waals surface area (Å²) in [6, 6.07) is 5.74. The van der Waals surface area contributed by atoms with Crippen LogP contribution in [0.1, 0.15) is 12.8 Å². The summed E-state index contributed by atoms with van der Waals surface area (Å²) in [5.41, 5.74) is 1.78. The molecule has 2 aromatic rings. The van der Waals surface area contributed by atoms with Gasteiger partial charge in [-0.15, -0.1) is 23.7 Å². The number of carbonyl (C=O) groups excluding carboxylic acids is 1. The second-order valence-electron chi connectivity index (χ2n) is 5.62. The fourth-order valence-corrected chi connectivity index (χ4v) is 3.53. The number of amides is 1. The molecule has 8 heteroatoms. The van der Waals surface area contributed by atoms with Crippen LogP contribution in [0, 0.1) is 5.92 Å². The van der Waals surface area contributed by atoms with Crippen LogP contribution in [-0.4, -0.2) is 30.8 Å². The van der Waals surface area contributed by atoms with Crippen molar-refractivity contribution in [2.24, 2.45) is 5.92 Å². The van der Waals surface area contributed by atoms with Gasteiger partial charge in [-0.2, -0.15) is 0 Å².